The van der Waals surface area contributed by atoms with Crippen molar-refractivity contribution < 1.29 is 15.0 Å². The molecule has 1 amide bonds. The Bertz CT molecular complexity index is 721. The summed E-state index contributed by atoms with van der Waals surface area (Å²) in [4.78, 5) is 14.4. The molecule has 1 saturated heterocycles. The SMILES string of the molecule is C#CCNC(=O)[C@H]1C[C@@H](O)[C@H](O)[C@H]2NC(=S)N(c3ccc(Cl)cc3)[C@@H]21. The number of carbonyl (C=O) groups is 1. The van der Waals surface area contributed by atoms with Gasteiger partial charge < -0.3 is 25.7 Å². The Kier molecular flexibility index (Phi) is 5.16. The molecule has 0 spiro atoms. The maximum atomic E-state index is 12.6. The molecule has 1 heterocycles. The minimum atomic E-state index is -1.03. The van der Waals surface area contributed by atoms with Gasteiger partial charge in [0, 0.05) is 10.7 Å². The monoisotopic (exact) mass is 379 g/mol. The maximum absolute atomic E-state index is 12.6. The van der Waals surface area contributed by atoms with Crippen molar-refractivity contribution in [2.75, 3.05) is 11.4 Å². The summed E-state index contributed by atoms with van der Waals surface area (Å²) in [7, 11) is 0. The van der Waals surface area contributed by atoms with Crippen molar-refractivity contribution in [1.29, 1.82) is 0 Å². The number of rotatable bonds is 3. The molecule has 2 aliphatic rings. The van der Waals surface area contributed by atoms with Crippen molar-refractivity contribution in [2.45, 2.75) is 30.7 Å². The fraction of sp³-hybridized carbons (Fsp3) is 0.412. The van der Waals surface area contributed by atoms with E-state index in [0.717, 1.165) is 5.69 Å². The number of hydrogen-bond donors (Lipinski definition) is 4. The number of halogens is 1. The van der Waals surface area contributed by atoms with Gasteiger partial charge >= 0.3 is 0 Å². The first-order valence-electron chi connectivity index (χ1n) is 7.86. The van der Waals surface area contributed by atoms with Crippen LogP contribution < -0.4 is 15.5 Å². The Hall–Kier alpha value is -1.85. The number of amides is 1. The quantitative estimate of drug-likeness (QED) is 0.445. The van der Waals surface area contributed by atoms with Gasteiger partial charge in [-0.3, -0.25) is 4.79 Å². The van der Waals surface area contributed by atoms with Crippen molar-refractivity contribution in [1.82, 2.24) is 10.6 Å². The average Bonchev–Trinajstić information content (AvgIpc) is 2.94. The zero-order valence-corrected chi connectivity index (χ0v) is 14.8. The third-order valence-corrected chi connectivity index (χ3v) is 5.22. The van der Waals surface area contributed by atoms with E-state index in [9.17, 15) is 15.0 Å². The molecule has 0 bridgehead atoms. The molecule has 8 heteroatoms. The zero-order valence-electron chi connectivity index (χ0n) is 13.2. The molecule has 1 aliphatic carbocycles. The van der Waals surface area contributed by atoms with Crippen LogP contribution in [0.2, 0.25) is 5.02 Å². The van der Waals surface area contributed by atoms with Gasteiger partial charge in [0.05, 0.1) is 30.7 Å². The highest BCUT2D eigenvalue weighted by atomic mass is 35.5. The fourth-order valence-electron chi connectivity index (χ4n) is 3.51. The highest BCUT2D eigenvalue weighted by Gasteiger charge is 2.53. The Balaban J connectivity index is 1.96. The highest BCUT2D eigenvalue weighted by molar-refractivity contribution is 7.80. The van der Waals surface area contributed by atoms with Gasteiger partial charge in [0.2, 0.25) is 5.91 Å². The van der Waals surface area contributed by atoms with Crippen LogP contribution in [0.5, 0.6) is 0 Å². The van der Waals surface area contributed by atoms with Crippen LogP contribution in [-0.4, -0.2) is 52.1 Å². The van der Waals surface area contributed by atoms with E-state index in [2.05, 4.69) is 16.6 Å². The van der Waals surface area contributed by atoms with E-state index >= 15 is 0 Å². The third kappa shape index (κ3) is 3.31. The molecule has 1 aliphatic heterocycles. The molecule has 0 radical (unpaired) electrons. The van der Waals surface area contributed by atoms with Gasteiger partial charge in [-0.05, 0) is 42.9 Å². The molecule has 6 nitrogen and oxygen atoms in total. The number of nitrogens with zero attached hydrogens (tertiary/aromatic N) is 1. The lowest BCUT2D eigenvalue weighted by molar-refractivity contribution is -0.130. The molecule has 25 heavy (non-hydrogen) atoms. The molecular formula is C17H18ClN3O3S. The van der Waals surface area contributed by atoms with Gasteiger partial charge in [-0.25, -0.2) is 0 Å². The second-order valence-electron chi connectivity index (χ2n) is 6.13. The second kappa shape index (κ2) is 7.18. The molecule has 1 saturated carbocycles. The molecule has 2 fully saturated rings. The number of thiocarbonyl (C=S) groups is 1. The Morgan fingerprint density at radius 3 is 2.76 bits per heavy atom. The van der Waals surface area contributed by atoms with E-state index < -0.39 is 30.2 Å². The molecular weight excluding hydrogens is 362 g/mol. The van der Waals surface area contributed by atoms with Crippen LogP contribution >= 0.6 is 23.8 Å². The molecule has 5 atom stereocenters. The Morgan fingerprint density at radius 1 is 1.44 bits per heavy atom. The summed E-state index contributed by atoms with van der Waals surface area (Å²) in [5, 5.41) is 27.2. The number of terminal acetylenes is 1. The summed E-state index contributed by atoms with van der Waals surface area (Å²) in [5.41, 5.74) is 0.757. The lowest BCUT2D eigenvalue weighted by atomic mass is 9.77. The first kappa shape index (κ1) is 18.0. The van der Waals surface area contributed by atoms with Crippen LogP contribution in [0.15, 0.2) is 24.3 Å². The van der Waals surface area contributed by atoms with E-state index in [0.29, 0.717) is 10.1 Å². The van der Waals surface area contributed by atoms with E-state index in [4.69, 9.17) is 30.2 Å². The van der Waals surface area contributed by atoms with Crippen LogP contribution in [0.1, 0.15) is 6.42 Å². The number of fused-ring (bicyclic) bond motifs is 1. The Labute approximate surface area is 156 Å². The average molecular weight is 380 g/mol. The third-order valence-electron chi connectivity index (χ3n) is 4.65. The molecule has 132 valence electrons. The number of carbonyl (C=O) groups excluding carboxylic acids is 1. The predicted octanol–water partition coefficient (Wildman–Crippen LogP) is 0.263. The summed E-state index contributed by atoms with van der Waals surface area (Å²) in [5.74, 6) is 1.51. The largest absolute Gasteiger partial charge is 0.390 e. The molecule has 0 unspecified atom stereocenters. The highest BCUT2D eigenvalue weighted by Crippen LogP contribution is 2.36. The number of aliphatic hydroxyl groups excluding tert-OH is 2. The van der Waals surface area contributed by atoms with Crippen molar-refractivity contribution in [3.63, 3.8) is 0 Å². The lowest BCUT2D eigenvalue weighted by Crippen LogP contribution is -2.61. The van der Waals surface area contributed by atoms with Crippen LogP contribution in [0.25, 0.3) is 0 Å². The van der Waals surface area contributed by atoms with Crippen LogP contribution in [0.4, 0.5) is 5.69 Å². The zero-order chi connectivity index (χ0) is 18.1. The standard InChI is InChI=1S/C17H18ClN3O3S/c1-2-7-19-16(24)11-8-12(22)15(23)13-14(11)21(17(25)20-13)10-5-3-9(18)4-6-10/h1,3-6,11-15,22-23H,7-8H2,(H,19,24)(H,20,25)/t11-,12+,13-,14+,15-/m0/s1. The first-order chi connectivity index (χ1) is 11.9. The summed E-state index contributed by atoms with van der Waals surface area (Å²) < 4.78 is 0. The van der Waals surface area contributed by atoms with Gasteiger partial charge in [-0.1, -0.05) is 17.5 Å². The van der Waals surface area contributed by atoms with Gasteiger partial charge in [-0.2, -0.15) is 0 Å². The van der Waals surface area contributed by atoms with Crippen molar-refractivity contribution in [3.8, 4) is 12.3 Å². The summed E-state index contributed by atoms with van der Waals surface area (Å²) in [6.45, 7) is 0.101. The van der Waals surface area contributed by atoms with Crippen molar-refractivity contribution in [3.05, 3.63) is 29.3 Å². The van der Waals surface area contributed by atoms with Crippen LogP contribution in [0, 0.1) is 18.3 Å². The van der Waals surface area contributed by atoms with Crippen LogP contribution in [-0.2, 0) is 4.79 Å². The number of nitrogens with one attached hydrogen (secondary N) is 2. The van der Waals surface area contributed by atoms with Crippen molar-refractivity contribution >= 4 is 40.5 Å². The van der Waals surface area contributed by atoms with Gasteiger partial charge in [-0.15, -0.1) is 6.42 Å². The Morgan fingerprint density at radius 2 is 2.12 bits per heavy atom. The maximum Gasteiger partial charge on any atom is 0.226 e. The number of hydrogen-bond acceptors (Lipinski definition) is 4. The lowest BCUT2D eigenvalue weighted by Gasteiger charge is -2.41. The molecule has 4 N–H and O–H groups in total. The second-order valence-corrected chi connectivity index (χ2v) is 6.96. The molecule has 1 aromatic rings. The summed E-state index contributed by atoms with van der Waals surface area (Å²) in [6.07, 6.45) is 3.27. The predicted molar refractivity (Wildman–Crippen MR) is 99.2 cm³/mol. The van der Waals surface area contributed by atoms with E-state index in [1.54, 1.807) is 29.2 Å². The molecule has 1 aromatic carbocycles. The van der Waals surface area contributed by atoms with Gasteiger partial charge in [0.25, 0.3) is 0 Å². The normalized spacial score (nSPS) is 31.0. The smallest absolute Gasteiger partial charge is 0.226 e. The van der Waals surface area contributed by atoms with Gasteiger partial charge in [0.1, 0.15) is 6.10 Å². The number of benzene rings is 1. The number of anilines is 1. The first-order valence-corrected chi connectivity index (χ1v) is 8.65. The topological polar surface area (TPSA) is 84.8 Å². The molecule has 0 aromatic heterocycles. The summed E-state index contributed by atoms with van der Waals surface area (Å²) >= 11 is 11.4. The van der Waals surface area contributed by atoms with E-state index in [1.165, 1.54) is 0 Å². The van der Waals surface area contributed by atoms with Crippen molar-refractivity contribution in [2.24, 2.45) is 5.92 Å². The minimum Gasteiger partial charge on any atom is -0.390 e. The summed E-state index contributed by atoms with van der Waals surface area (Å²) in [6, 6.07) is 6.06. The number of aliphatic hydroxyl groups is 2. The van der Waals surface area contributed by atoms with E-state index in [-0.39, 0.29) is 18.9 Å². The molecule has 3 rings (SSSR count). The minimum absolute atomic E-state index is 0.101. The van der Waals surface area contributed by atoms with E-state index in [1.807, 2.05) is 0 Å². The fourth-order valence-corrected chi connectivity index (χ4v) is 4.00. The van der Waals surface area contributed by atoms with Crippen LogP contribution in [0.3, 0.4) is 0 Å². The van der Waals surface area contributed by atoms with Gasteiger partial charge in [0.15, 0.2) is 5.11 Å².